The summed E-state index contributed by atoms with van der Waals surface area (Å²) in [5, 5.41) is 0.522. The van der Waals surface area contributed by atoms with E-state index in [9.17, 15) is 13.2 Å². The van der Waals surface area contributed by atoms with E-state index in [-0.39, 0.29) is 10.7 Å². The van der Waals surface area contributed by atoms with Gasteiger partial charge in [-0.25, -0.2) is 12.7 Å². The highest BCUT2D eigenvalue weighted by Crippen LogP contribution is 2.32. The molecule has 0 N–H and O–H groups in total. The van der Waals surface area contributed by atoms with Gasteiger partial charge >= 0.3 is 0 Å². The lowest BCUT2D eigenvalue weighted by Crippen LogP contribution is -2.30. The molecule has 2 aromatic carbocycles. The number of carbonyl (C=O) groups is 1. The van der Waals surface area contributed by atoms with E-state index in [4.69, 9.17) is 9.15 Å². The largest absolute Gasteiger partial charge is 0.492 e. The van der Waals surface area contributed by atoms with Gasteiger partial charge in [-0.1, -0.05) is 40.0 Å². The summed E-state index contributed by atoms with van der Waals surface area (Å²) >= 11 is 0. The average molecular weight is 557 g/mol. The predicted molar refractivity (Wildman–Crippen MR) is 157 cm³/mol. The molecule has 1 aromatic heterocycles. The summed E-state index contributed by atoms with van der Waals surface area (Å²) in [6.07, 6.45) is 7.15. The molecule has 0 aliphatic heterocycles. The van der Waals surface area contributed by atoms with Crippen molar-refractivity contribution in [2.45, 2.75) is 70.6 Å². The number of sulfonamides is 1. The van der Waals surface area contributed by atoms with Gasteiger partial charge < -0.3 is 9.15 Å². The summed E-state index contributed by atoms with van der Waals surface area (Å²) in [5.74, 6) is 1.13. The second kappa shape index (κ2) is 14.6. The van der Waals surface area contributed by atoms with E-state index in [2.05, 4.69) is 25.7 Å². The summed E-state index contributed by atoms with van der Waals surface area (Å²) in [6, 6.07) is 11.9. The number of carbonyl (C=O) groups excluding carboxylic acids is 1. The lowest BCUT2D eigenvalue weighted by molar-refractivity contribution is 0.103. The van der Waals surface area contributed by atoms with Crippen LogP contribution in [0, 0.1) is 0 Å². The van der Waals surface area contributed by atoms with Crippen LogP contribution in [0.2, 0.25) is 0 Å². The van der Waals surface area contributed by atoms with Crippen molar-refractivity contribution in [3.8, 4) is 5.75 Å². The van der Waals surface area contributed by atoms with Crippen LogP contribution in [0.25, 0.3) is 11.0 Å². The van der Waals surface area contributed by atoms with E-state index in [0.717, 1.165) is 38.2 Å². The van der Waals surface area contributed by atoms with Crippen LogP contribution < -0.4 is 4.74 Å². The van der Waals surface area contributed by atoms with Crippen LogP contribution in [0.5, 0.6) is 5.75 Å². The maximum Gasteiger partial charge on any atom is 0.242 e. The van der Waals surface area contributed by atoms with E-state index >= 15 is 0 Å². The minimum atomic E-state index is -3.65. The Bertz CT molecular complexity index is 1300. The first-order chi connectivity index (χ1) is 18.7. The van der Waals surface area contributed by atoms with Gasteiger partial charge in [0.05, 0.1) is 10.5 Å². The van der Waals surface area contributed by atoms with E-state index in [1.165, 1.54) is 50.2 Å². The van der Waals surface area contributed by atoms with Crippen LogP contribution in [0.3, 0.4) is 0 Å². The second-order valence-electron chi connectivity index (χ2n) is 10.2. The summed E-state index contributed by atoms with van der Waals surface area (Å²) in [4.78, 5) is 16.3. The molecule has 0 atom stereocenters. The number of nitrogens with zero attached hydrogens (tertiary/aromatic N) is 2. The lowest BCUT2D eigenvalue weighted by atomic mass is 9.98. The Hall–Kier alpha value is -2.68. The van der Waals surface area contributed by atoms with Crippen LogP contribution >= 0.6 is 0 Å². The molecule has 0 unspecified atom stereocenters. The molecule has 3 aromatic rings. The zero-order valence-corrected chi connectivity index (χ0v) is 25.0. The first-order valence-electron chi connectivity index (χ1n) is 14.2. The number of hydrogen-bond acceptors (Lipinski definition) is 6. The third kappa shape index (κ3) is 7.93. The van der Waals surface area contributed by atoms with Gasteiger partial charge in [-0.3, -0.25) is 9.69 Å². The topological polar surface area (TPSA) is 80.1 Å². The highest BCUT2D eigenvalue weighted by Gasteiger charge is 2.25. The molecule has 0 saturated carbocycles. The average Bonchev–Trinajstić information content (AvgIpc) is 3.30. The SMILES string of the molecule is CCCCc1oc2ccc(S(=O)(=O)N(C)C)cc2c1C(=O)c1ccc(OCCN(CCCC)CCCC)cc1. The molecule has 0 bridgehead atoms. The van der Waals surface area contributed by atoms with Crippen molar-refractivity contribution >= 4 is 26.8 Å². The maximum atomic E-state index is 13.7. The van der Waals surface area contributed by atoms with Crippen molar-refractivity contribution in [3.05, 3.63) is 59.4 Å². The van der Waals surface area contributed by atoms with Gasteiger partial charge in [0, 0.05) is 38.0 Å². The highest BCUT2D eigenvalue weighted by atomic mass is 32.2. The Balaban J connectivity index is 1.82. The molecule has 0 spiro atoms. The van der Waals surface area contributed by atoms with Gasteiger partial charge in [0.25, 0.3) is 0 Å². The van der Waals surface area contributed by atoms with Crippen LogP contribution in [0.15, 0.2) is 51.8 Å². The minimum absolute atomic E-state index is 0.132. The smallest absolute Gasteiger partial charge is 0.242 e. The van der Waals surface area contributed by atoms with E-state index in [1.54, 1.807) is 24.3 Å². The van der Waals surface area contributed by atoms with Crippen LogP contribution in [-0.4, -0.2) is 63.7 Å². The van der Waals surface area contributed by atoms with Crippen molar-refractivity contribution < 1.29 is 22.4 Å². The number of benzene rings is 2. The Morgan fingerprint density at radius 2 is 1.51 bits per heavy atom. The van der Waals surface area contributed by atoms with Crippen LogP contribution in [0.4, 0.5) is 0 Å². The molecule has 0 aliphatic carbocycles. The molecule has 214 valence electrons. The number of hydrogen-bond donors (Lipinski definition) is 0. The molecular weight excluding hydrogens is 512 g/mol. The van der Waals surface area contributed by atoms with Crippen molar-refractivity contribution in [1.82, 2.24) is 9.21 Å². The fourth-order valence-corrected chi connectivity index (χ4v) is 5.43. The summed E-state index contributed by atoms with van der Waals surface area (Å²) in [7, 11) is -0.672. The second-order valence-corrected chi connectivity index (χ2v) is 12.4. The first kappa shape index (κ1) is 30.9. The molecule has 0 fully saturated rings. The number of unbranched alkanes of at least 4 members (excludes halogenated alkanes) is 3. The predicted octanol–water partition coefficient (Wildman–Crippen LogP) is 6.54. The van der Waals surface area contributed by atoms with E-state index < -0.39 is 10.0 Å². The monoisotopic (exact) mass is 556 g/mol. The quantitative estimate of drug-likeness (QED) is 0.176. The summed E-state index contributed by atoms with van der Waals surface area (Å²) in [5.41, 5.74) is 1.46. The zero-order chi connectivity index (χ0) is 28.4. The first-order valence-corrected chi connectivity index (χ1v) is 15.6. The molecule has 0 amide bonds. The van der Waals surface area contributed by atoms with Gasteiger partial charge in [-0.15, -0.1) is 0 Å². The molecule has 39 heavy (non-hydrogen) atoms. The normalized spacial score (nSPS) is 12.1. The third-order valence-corrected chi connectivity index (χ3v) is 8.76. The van der Waals surface area contributed by atoms with Gasteiger partial charge in [0.1, 0.15) is 23.7 Å². The number of fused-ring (bicyclic) bond motifs is 1. The standard InChI is InChI=1S/C31H44N2O5S/c1-6-9-12-29-30(27-23-26(17-18-28(27)38-29)39(35,36)32(4)5)31(34)24-13-15-25(16-14-24)37-22-21-33(19-10-7-2)20-11-8-3/h13-18,23H,6-12,19-22H2,1-5H3. The molecule has 0 aliphatic rings. The van der Waals surface area contributed by atoms with Crippen LogP contribution in [-0.2, 0) is 16.4 Å². The van der Waals surface area contributed by atoms with Gasteiger partial charge in [-0.05, 0) is 74.8 Å². The van der Waals surface area contributed by atoms with Gasteiger partial charge in [-0.2, -0.15) is 0 Å². The minimum Gasteiger partial charge on any atom is -0.492 e. The Labute approximate surface area is 234 Å². The number of rotatable bonds is 17. The number of ether oxygens (including phenoxy) is 1. The Morgan fingerprint density at radius 1 is 0.872 bits per heavy atom. The fraction of sp³-hybridized carbons (Fsp3) is 0.516. The van der Waals surface area contributed by atoms with Crippen LogP contribution in [0.1, 0.15) is 81.0 Å². The lowest BCUT2D eigenvalue weighted by Gasteiger charge is -2.22. The Morgan fingerprint density at radius 3 is 2.10 bits per heavy atom. The number of furan rings is 1. The number of ketones is 1. The summed E-state index contributed by atoms with van der Waals surface area (Å²) in [6.45, 7) is 10.1. The Kier molecular flexibility index (Phi) is 11.6. The van der Waals surface area contributed by atoms with Gasteiger partial charge in [0.15, 0.2) is 5.78 Å². The molecule has 7 nitrogen and oxygen atoms in total. The van der Waals surface area contributed by atoms with Crippen molar-refractivity contribution in [2.24, 2.45) is 0 Å². The van der Waals surface area contributed by atoms with Crippen molar-refractivity contribution in [2.75, 3.05) is 40.3 Å². The third-order valence-electron chi connectivity index (χ3n) is 6.94. The van der Waals surface area contributed by atoms with Gasteiger partial charge in [0.2, 0.25) is 10.0 Å². The highest BCUT2D eigenvalue weighted by molar-refractivity contribution is 7.89. The maximum absolute atomic E-state index is 13.7. The van der Waals surface area contributed by atoms with E-state index in [0.29, 0.717) is 40.9 Å². The molecule has 1 heterocycles. The zero-order valence-electron chi connectivity index (χ0n) is 24.2. The molecule has 0 saturated heterocycles. The van der Waals surface area contributed by atoms with Crippen molar-refractivity contribution in [3.63, 3.8) is 0 Å². The fourth-order valence-electron chi connectivity index (χ4n) is 4.50. The molecular formula is C31H44N2O5S. The molecule has 3 rings (SSSR count). The molecule has 0 radical (unpaired) electrons. The number of aryl methyl sites for hydroxylation is 1. The van der Waals surface area contributed by atoms with E-state index in [1.807, 2.05) is 12.1 Å². The van der Waals surface area contributed by atoms with Crippen molar-refractivity contribution in [1.29, 1.82) is 0 Å². The molecule has 8 heteroatoms. The summed E-state index contributed by atoms with van der Waals surface area (Å²) < 4.78 is 38.8.